The summed E-state index contributed by atoms with van der Waals surface area (Å²) in [6.07, 6.45) is 0. The highest BCUT2D eigenvalue weighted by Crippen LogP contribution is 2.48. The summed E-state index contributed by atoms with van der Waals surface area (Å²) < 4.78 is 1.17. The summed E-state index contributed by atoms with van der Waals surface area (Å²) in [5.74, 6) is 0.0427. The molecule has 1 aliphatic heterocycles. The number of hydrogen-bond donors (Lipinski definition) is 0. The topological polar surface area (TPSA) is 20.3 Å². The molecule has 1 fully saturated rings. The number of benzene rings is 3. The van der Waals surface area contributed by atoms with E-state index in [0.29, 0.717) is 0 Å². The molecule has 0 bridgehead atoms. The van der Waals surface area contributed by atoms with E-state index in [2.05, 4.69) is 65.9 Å². The predicted octanol–water partition coefficient (Wildman–Crippen LogP) is 5.47. The minimum absolute atomic E-state index is 0.0376. The maximum absolute atomic E-state index is 13.0. The van der Waals surface area contributed by atoms with E-state index in [1.807, 2.05) is 47.4 Å². The summed E-state index contributed by atoms with van der Waals surface area (Å²) in [4.78, 5) is 15.0. The van der Waals surface area contributed by atoms with Gasteiger partial charge < -0.3 is 4.90 Å². The van der Waals surface area contributed by atoms with Gasteiger partial charge in [-0.15, -0.1) is 0 Å². The fourth-order valence-electron chi connectivity index (χ4n) is 3.47. The van der Waals surface area contributed by atoms with E-state index in [4.69, 9.17) is 0 Å². The molecule has 3 heteroatoms. The third-order valence-corrected chi connectivity index (χ3v) is 5.50. The highest BCUT2D eigenvalue weighted by atomic mass is 127. The monoisotopic (exact) mass is 439 g/mol. The van der Waals surface area contributed by atoms with Crippen molar-refractivity contribution in [2.75, 3.05) is 4.90 Å². The van der Waals surface area contributed by atoms with E-state index in [-0.39, 0.29) is 17.9 Å². The van der Waals surface area contributed by atoms with Gasteiger partial charge in [0.1, 0.15) is 0 Å². The van der Waals surface area contributed by atoms with Gasteiger partial charge in [0.15, 0.2) is 0 Å². The molecule has 0 N–H and O–H groups in total. The molecule has 3 aromatic carbocycles. The Morgan fingerprint density at radius 3 is 2.08 bits per heavy atom. The van der Waals surface area contributed by atoms with Crippen molar-refractivity contribution in [1.82, 2.24) is 0 Å². The van der Waals surface area contributed by atoms with Crippen molar-refractivity contribution in [2.24, 2.45) is 0 Å². The van der Waals surface area contributed by atoms with Crippen molar-refractivity contribution in [1.29, 1.82) is 0 Å². The Morgan fingerprint density at radius 2 is 1.44 bits per heavy atom. The molecular formula is C22H18INO. The number of amides is 1. The summed E-state index contributed by atoms with van der Waals surface area (Å²) in [6, 6.07) is 26.8. The lowest BCUT2D eigenvalue weighted by atomic mass is 9.77. The normalized spacial score (nSPS) is 19.6. The van der Waals surface area contributed by atoms with Crippen LogP contribution in [0.3, 0.4) is 0 Å². The summed E-state index contributed by atoms with van der Waals surface area (Å²) in [7, 11) is 0. The Balaban J connectivity index is 1.77. The lowest BCUT2D eigenvalue weighted by Crippen LogP contribution is -2.53. The van der Waals surface area contributed by atoms with Gasteiger partial charge in [0, 0.05) is 9.26 Å². The Kier molecular flexibility index (Phi) is 4.34. The standard InChI is InChI=1S/C22H18INO/c1-15-7-9-17(10-8-15)21-20(16-5-3-2-4-6-16)22(25)24(21)19-13-11-18(23)12-14-19/h2-14,20-21H,1H3. The first-order valence-corrected chi connectivity index (χ1v) is 9.43. The molecule has 0 aromatic heterocycles. The number of hydrogen-bond acceptors (Lipinski definition) is 1. The smallest absolute Gasteiger partial charge is 0.237 e. The lowest BCUT2D eigenvalue weighted by Gasteiger charge is -2.47. The summed E-state index contributed by atoms with van der Waals surface area (Å²) >= 11 is 2.29. The number of rotatable bonds is 3. The zero-order valence-electron chi connectivity index (χ0n) is 13.9. The van der Waals surface area contributed by atoms with Gasteiger partial charge in [-0.3, -0.25) is 4.79 Å². The molecule has 2 atom stereocenters. The van der Waals surface area contributed by atoms with Crippen LogP contribution in [0.4, 0.5) is 5.69 Å². The van der Waals surface area contributed by atoms with E-state index in [1.165, 1.54) is 14.7 Å². The first kappa shape index (κ1) is 16.3. The number of anilines is 1. The van der Waals surface area contributed by atoms with Crippen LogP contribution in [0, 0.1) is 10.5 Å². The Labute approximate surface area is 161 Å². The average Bonchev–Trinajstić information content (AvgIpc) is 2.63. The van der Waals surface area contributed by atoms with E-state index >= 15 is 0 Å². The molecule has 25 heavy (non-hydrogen) atoms. The molecule has 1 heterocycles. The van der Waals surface area contributed by atoms with Gasteiger partial charge in [0.25, 0.3) is 0 Å². The van der Waals surface area contributed by atoms with Crippen LogP contribution < -0.4 is 4.90 Å². The minimum atomic E-state index is -0.122. The highest BCUT2D eigenvalue weighted by molar-refractivity contribution is 14.1. The van der Waals surface area contributed by atoms with E-state index < -0.39 is 0 Å². The van der Waals surface area contributed by atoms with Gasteiger partial charge in [0.05, 0.1) is 12.0 Å². The molecule has 124 valence electrons. The predicted molar refractivity (Wildman–Crippen MR) is 110 cm³/mol. The molecule has 1 amide bonds. The van der Waals surface area contributed by atoms with Gasteiger partial charge in [-0.25, -0.2) is 0 Å². The second-order valence-electron chi connectivity index (χ2n) is 6.43. The molecule has 1 saturated heterocycles. The second-order valence-corrected chi connectivity index (χ2v) is 7.67. The fourth-order valence-corrected chi connectivity index (χ4v) is 3.83. The molecule has 0 aliphatic carbocycles. The van der Waals surface area contributed by atoms with Crippen LogP contribution in [0.25, 0.3) is 0 Å². The van der Waals surface area contributed by atoms with Crippen LogP contribution in [0.5, 0.6) is 0 Å². The first-order chi connectivity index (χ1) is 12.1. The highest BCUT2D eigenvalue weighted by Gasteiger charge is 2.49. The maximum atomic E-state index is 13.0. The van der Waals surface area contributed by atoms with Crippen LogP contribution in [-0.4, -0.2) is 5.91 Å². The van der Waals surface area contributed by atoms with Crippen molar-refractivity contribution in [2.45, 2.75) is 18.9 Å². The molecule has 1 aliphatic rings. The maximum Gasteiger partial charge on any atom is 0.237 e. The van der Waals surface area contributed by atoms with Crippen molar-refractivity contribution in [3.63, 3.8) is 0 Å². The number of nitrogens with zero attached hydrogens (tertiary/aromatic N) is 1. The Hall–Kier alpha value is -2.14. The van der Waals surface area contributed by atoms with Crippen LogP contribution >= 0.6 is 22.6 Å². The van der Waals surface area contributed by atoms with E-state index in [0.717, 1.165) is 11.3 Å². The van der Waals surface area contributed by atoms with Gasteiger partial charge in [-0.05, 0) is 64.9 Å². The van der Waals surface area contributed by atoms with Crippen molar-refractivity contribution >= 4 is 34.2 Å². The largest absolute Gasteiger partial charge is 0.303 e. The SMILES string of the molecule is Cc1ccc(C2C(c3ccccc3)C(=O)N2c2ccc(I)cc2)cc1. The van der Waals surface area contributed by atoms with Crippen LogP contribution in [0.15, 0.2) is 78.9 Å². The van der Waals surface area contributed by atoms with Crippen molar-refractivity contribution < 1.29 is 4.79 Å². The molecule has 2 nitrogen and oxygen atoms in total. The average molecular weight is 439 g/mol. The summed E-state index contributed by atoms with van der Waals surface area (Å²) in [6.45, 7) is 2.08. The number of aryl methyl sites for hydroxylation is 1. The second kappa shape index (κ2) is 6.64. The Morgan fingerprint density at radius 1 is 0.800 bits per heavy atom. The van der Waals surface area contributed by atoms with Gasteiger partial charge >= 0.3 is 0 Å². The molecule has 0 spiro atoms. The van der Waals surface area contributed by atoms with Crippen LogP contribution in [0.2, 0.25) is 0 Å². The summed E-state index contributed by atoms with van der Waals surface area (Å²) in [5, 5.41) is 0. The third kappa shape index (κ3) is 2.97. The molecule has 2 unspecified atom stereocenters. The van der Waals surface area contributed by atoms with Crippen molar-refractivity contribution in [3.8, 4) is 0 Å². The van der Waals surface area contributed by atoms with Crippen LogP contribution in [-0.2, 0) is 4.79 Å². The molecule has 3 aromatic rings. The zero-order valence-corrected chi connectivity index (χ0v) is 16.1. The van der Waals surface area contributed by atoms with Crippen LogP contribution in [0.1, 0.15) is 28.7 Å². The molecule has 0 radical (unpaired) electrons. The van der Waals surface area contributed by atoms with E-state index in [9.17, 15) is 4.79 Å². The zero-order chi connectivity index (χ0) is 17.4. The third-order valence-electron chi connectivity index (χ3n) is 4.78. The Bertz CT molecular complexity index is 888. The molecular weight excluding hydrogens is 421 g/mol. The quantitative estimate of drug-likeness (QED) is 0.392. The van der Waals surface area contributed by atoms with Gasteiger partial charge in [-0.1, -0.05) is 60.2 Å². The number of β-lactam (4-membered cyclic amide) rings is 1. The number of carbonyl (C=O) groups excluding carboxylic acids is 1. The summed E-state index contributed by atoms with van der Waals surface area (Å²) in [5.41, 5.74) is 4.45. The fraction of sp³-hybridized carbons (Fsp3) is 0.136. The van der Waals surface area contributed by atoms with Gasteiger partial charge in [0.2, 0.25) is 5.91 Å². The van der Waals surface area contributed by atoms with Gasteiger partial charge in [-0.2, -0.15) is 0 Å². The number of carbonyl (C=O) groups is 1. The van der Waals surface area contributed by atoms with E-state index in [1.54, 1.807) is 0 Å². The first-order valence-electron chi connectivity index (χ1n) is 8.35. The lowest BCUT2D eigenvalue weighted by molar-refractivity contribution is -0.126. The molecule has 4 rings (SSSR count). The minimum Gasteiger partial charge on any atom is -0.303 e. The molecule has 0 saturated carbocycles. The number of halogens is 1. The van der Waals surface area contributed by atoms with Crippen molar-refractivity contribution in [3.05, 3.63) is 99.1 Å².